The lowest BCUT2D eigenvalue weighted by molar-refractivity contribution is -0.121. The molecule has 0 bridgehead atoms. The summed E-state index contributed by atoms with van der Waals surface area (Å²) < 4.78 is 0. The van der Waals surface area contributed by atoms with Crippen molar-refractivity contribution < 1.29 is 20.1 Å². The van der Waals surface area contributed by atoms with Crippen molar-refractivity contribution in [1.82, 2.24) is 0 Å². The molecule has 0 saturated carbocycles. The molecule has 0 aliphatic heterocycles. The van der Waals surface area contributed by atoms with Crippen LogP contribution < -0.4 is 0 Å². The average Bonchev–Trinajstić information content (AvgIpc) is 2.99. The van der Waals surface area contributed by atoms with Gasteiger partial charge in [0.05, 0.1) is 18.6 Å². The van der Waals surface area contributed by atoms with Crippen LogP contribution in [-0.2, 0) is 4.79 Å². The fourth-order valence-corrected chi connectivity index (χ4v) is 5.45. The number of aliphatic hydroxyl groups is 3. The van der Waals surface area contributed by atoms with Crippen LogP contribution >= 0.6 is 0 Å². The maximum absolute atomic E-state index is 12.2. The van der Waals surface area contributed by atoms with Gasteiger partial charge in [-0.25, -0.2) is 0 Å². The van der Waals surface area contributed by atoms with E-state index in [0.717, 1.165) is 32.1 Å². The van der Waals surface area contributed by atoms with Gasteiger partial charge in [-0.05, 0) is 25.2 Å². The van der Waals surface area contributed by atoms with Crippen LogP contribution in [0.4, 0.5) is 0 Å². The van der Waals surface area contributed by atoms with E-state index in [9.17, 15) is 20.1 Å². The summed E-state index contributed by atoms with van der Waals surface area (Å²) in [4.78, 5) is 12.2. The lowest BCUT2D eigenvalue weighted by atomic mass is 10.0. The van der Waals surface area contributed by atoms with Gasteiger partial charge in [0, 0.05) is 0 Å². The minimum Gasteiger partial charge on any atom is -0.395 e. The molecular weight excluding hydrogens is 520 g/mol. The van der Waals surface area contributed by atoms with E-state index in [1.54, 1.807) is 6.08 Å². The van der Waals surface area contributed by atoms with Gasteiger partial charge in [-0.1, -0.05) is 186 Å². The van der Waals surface area contributed by atoms with E-state index in [0.29, 0.717) is 6.42 Å². The van der Waals surface area contributed by atoms with Crippen LogP contribution in [0.5, 0.6) is 0 Å². The van der Waals surface area contributed by atoms with Crippen LogP contribution in [0, 0.1) is 17.8 Å². The van der Waals surface area contributed by atoms with Crippen molar-refractivity contribution in [3.8, 4) is 11.8 Å². The molecule has 0 aromatic rings. The second kappa shape index (κ2) is 32.8. The first-order valence-corrected chi connectivity index (χ1v) is 18.3. The molecule has 4 nitrogen and oxygen atoms in total. The highest BCUT2D eigenvalue weighted by atomic mass is 16.3. The number of hydrogen-bond acceptors (Lipinski definition) is 4. The molecule has 0 fully saturated rings. The number of unbranched alkanes of at least 4 members (excludes halogenated alkanes) is 24. The fraction of sp³-hybridized carbons (Fsp3) is 0.868. The van der Waals surface area contributed by atoms with Gasteiger partial charge >= 0.3 is 0 Å². The molecular formula is C38H70O4. The Balaban J connectivity index is 3.84. The molecule has 0 amide bonds. The van der Waals surface area contributed by atoms with E-state index in [-0.39, 0.29) is 6.61 Å². The molecule has 0 aliphatic carbocycles. The Morgan fingerprint density at radius 2 is 0.976 bits per heavy atom. The first-order valence-electron chi connectivity index (χ1n) is 18.3. The van der Waals surface area contributed by atoms with Crippen molar-refractivity contribution in [2.75, 3.05) is 6.61 Å². The summed E-state index contributed by atoms with van der Waals surface area (Å²) in [5.41, 5.74) is 0. The summed E-state index contributed by atoms with van der Waals surface area (Å²) >= 11 is 0. The molecule has 246 valence electrons. The Bertz CT molecular complexity index is 662. The minimum atomic E-state index is -1.08. The molecule has 0 aromatic carbocycles. The third-order valence-corrected chi connectivity index (χ3v) is 8.43. The van der Waals surface area contributed by atoms with E-state index in [2.05, 4.69) is 25.7 Å². The summed E-state index contributed by atoms with van der Waals surface area (Å²) in [6, 6.07) is 0. The summed E-state index contributed by atoms with van der Waals surface area (Å²) in [5.74, 6) is 3.93. The van der Waals surface area contributed by atoms with Crippen molar-refractivity contribution in [2.24, 2.45) is 5.92 Å². The Kier molecular flexibility index (Phi) is 31.9. The van der Waals surface area contributed by atoms with E-state index in [4.69, 9.17) is 0 Å². The first kappa shape index (κ1) is 40.9. The molecule has 0 rings (SSSR count). The lowest BCUT2D eigenvalue weighted by Crippen LogP contribution is -2.22. The topological polar surface area (TPSA) is 77.8 Å². The monoisotopic (exact) mass is 591 g/mol. The van der Waals surface area contributed by atoms with Gasteiger partial charge in [-0.2, -0.15) is 0 Å². The third kappa shape index (κ3) is 27.7. The Labute approximate surface area is 261 Å². The molecule has 0 radical (unpaired) electrons. The third-order valence-electron chi connectivity index (χ3n) is 8.43. The number of carbonyl (C=O) groups is 1. The van der Waals surface area contributed by atoms with Gasteiger partial charge in [0.25, 0.3) is 0 Å². The molecule has 3 atom stereocenters. The van der Waals surface area contributed by atoms with Crippen molar-refractivity contribution in [1.29, 1.82) is 0 Å². The molecule has 3 N–H and O–H groups in total. The number of aliphatic hydroxyl groups excluding tert-OH is 3. The number of carbonyl (C=O) groups excluding carboxylic acids is 1. The Hall–Kier alpha value is -1.15. The van der Waals surface area contributed by atoms with Crippen molar-refractivity contribution in [3.05, 3.63) is 12.2 Å². The number of rotatable bonds is 31. The quantitative estimate of drug-likeness (QED) is 0.0325. The molecule has 0 heterocycles. The highest BCUT2D eigenvalue weighted by Gasteiger charge is 2.15. The van der Waals surface area contributed by atoms with Gasteiger partial charge in [0.1, 0.15) is 6.10 Å². The highest BCUT2D eigenvalue weighted by molar-refractivity contribution is 5.98. The maximum atomic E-state index is 12.2. The Morgan fingerprint density at radius 1 is 0.595 bits per heavy atom. The second-order valence-electron chi connectivity index (χ2n) is 12.6. The van der Waals surface area contributed by atoms with Crippen LogP contribution in [-0.4, -0.2) is 39.9 Å². The van der Waals surface area contributed by atoms with Gasteiger partial charge < -0.3 is 15.3 Å². The van der Waals surface area contributed by atoms with E-state index in [1.807, 2.05) is 6.08 Å². The van der Waals surface area contributed by atoms with Gasteiger partial charge in [-0.3, -0.25) is 4.79 Å². The van der Waals surface area contributed by atoms with Crippen LogP contribution in [0.2, 0.25) is 0 Å². The summed E-state index contributed by atoms with van der Waals surface area (Å²) in [6.45, 7) is 4.20. The molecule has 42 heavy (non-hydrogen) atoms. The lowest BCUT2D eigenvalue weighted by Gasteiger charge is -2.11. The standard InChI is InChI=1S/C38H70O4/c1-3-5-7-9-11-13-15-17-19-21-23-25-27-29-31-37(41)38(42)33-32-35(34-39)36(40)30-28-26-24-22-20-18-16-14-12-10-8-6-4-2/h28,30,35-37,39-41H,3-27,29,31,34H2,1-2H3/b30-28+. The summed E-state index contributed by atoms with van der Waals surface area (Å²) in [6.07, 6.45) is 35.1. The number of allylic oxidation sites excluding steroid dienone is 1. The van der Waals surface area contributed by atoms with Crippen LogP contribution in [0.1, 0.15) is 187 Å². The Morgan fingerprint density at radius 3 is 1.38 bits per heavy atom. The van der Waals surface area contributed by atoms with Gasteiger partial charge in [0.15, 0.2) is 0 Å². The minimum absolute atomic E-state index is 0.320. The number of ketones is 1. The molecule has 0 aromatic heterocycles. The van der Waals surface area contributed by atoms with Crippen LogP contribution in [0.3, 0.4) is 0 Å². The zero-order valence-electron chi connectivity index (χ0n) is 27.9. The summed E-state index contributed by atoms with van der Waals surface area (Å²) in [7, 11) is 0. The number of Topliss-reactive ketones (excluding diaryl/α,β-unsaturated/α-hetero) is 1. The smallest absolute Gasteiger partial charge is 0.233 e. The molecule has 0 aliphatic rings. The normalized spacial score (nSPS) is 13.6. The second-order valence-corrected chi connectivity index (χ2v) is 12.6. The largest absolute Gasteiger partial charge is 0.395 e. The van der Waals surface area contributed by atoms with Gasteiger partial charge in [0.2, 0.25) is 5.78 Å². The average molecular weight is 591 g/mol. The molecule has 0 spiro atoms. The number of hydrogen-bond donors (Lipinski definition) is 3. The predicted octanol–water partition coefficient (Wildman–Crippen LogP) is 10.0. The van der Waals surface area contributed by atoms with Crippen LogP contribution in [0.25, 0.3) is 0 Å². The zero-order chi connectivity index (χ0) is 30.9. The van der Waals surface area contributed by atoms with Gasteiger partial charge in [-0.15, -0.1) is 0 Å². The van der Waals surface area contributed by atoms with Crippen molar-refractivity contribution in [2.45, 2.75) is 199 Å². The van der Waals surface area contributed by atoms with Crippen molar-refractivity contribution in [3.63, 3.8) is 0 Å². The molecule has 3 unspecified atom stereocenters. The summed E-state index contributed by atoms with van der Waals surface area (Å²) in [5, 5.41) is 30.2. The van der Waals surface area contributed by atoms with E-state index in [1.165, 1.54) is 135 Å². The van der Waals surface area contributed by atoms with Crippen LogP contribution in [0.15, 0.2) is 12.2 Å². The SMILES string of the molecule is CCCCCCCCCCCCC/C=C/C(O)C(C#CC(=O)C(O)CCCCCCCCCCCCCCCC)CO. The van der Waals surface area contributed by atoms with E-state index < -0.39 is 23.9 Å². The maximum Gasteiger partial charge on any atom is 0.233 e. The van der Waals surface area contributed by atoms with Crippen molar-refractivity contribution >= 4 is 5.78 Å². The zero-order valence-corrected chi connectivity index (χ0v) is 27.9. The first-order chi connectivity index (χ1) is 20.6. The predicted molar refractivity (Wildman–Crippen MR) is 181 cm³/mol. The van der Waals surface area contributed by atoms with E-state index >= 15 is 0 Å². The highest BCUT2D eigenvalue weighted by Crippen LogP contribution is 2.15. The fourth-order valence-electron chi connectivity index (χ4n) is 5.45. The molecule has 4 heteroatoms. The molecule has 0 saturated heterocycles.